The Balaban J connectivity index is 1.51. The van der Waals surface area contributed by atoms with E-state index in [0.717, 1.165) is 29.3 Å². The summed E-state index contributed by atoms with van der Waals surface area (Å²) in [6.45, 7) is 1.67. The van der Waals surface area contributed by atoms with Crippen LogP contribution < -0.4 is 10.6 Å². The van der Waals surface area contributed by atoms with Crippen molar-refractivity contribution < 1.29 is 9.53 Å². The molecular formula is C19H26N4O2S. The van der Waals surface area contributed by atoms with E-state index in [9.17, 15) is 4.79 Å². The Hall–Kier alpha value is -1.73. The Morgan fingerprint density at radius 3 is 2.88 bits per heavy atom. The SMILES string of the molecule is COCCNC(=O)CCNc1nc(C2CC2)nc2sc3c(c12)CCCC3. The predicted molar refractivity (Wildman–Crippen MR) is 104 cm³/mol. The number of carbonyl (C=O) groups is 1. The highest BCUT2D eigenvalue weighted by molar-refractivity contribution is 7.19. The Labute approximate surface area is 157 Å². The largest absolute Gasteiger partial charge is 0.383 e. The number of hydrogen-bond donors (Lipinski definition) is 2. The van der Waals surface area contributed by atoms with Gasteiger partial charge in [-0.05, 0) is 44.1 Å². The van der Waals surface area contributed by atoms with Crippen LogP contribution >= 0.6 is 11.3 Å². The van der Waals surface area contributed by atoms with Crippen molar-refractivity contribution in [2.24, 2.45) is 0 Å². The number of methoxy groups -OCH3 is 1. The fourth-order valence-electron chi connectivity index (χ4n) is 3.50. The van der Waals surface area contributed by atoms with Crippen molar-refractivity contribution in [3.63, 3.8) is 0 Å². The molecule has 1 saturated carbocycles. The second kappa shape index (κ2) is 7.88. The van der Waals surface area contributed by atoms with Crippen LogP contribution in [0.4, 0.5) is 5.82 Å². The molecule has 0 bridgehead atoms. The lowest BCUT2D eigenvalue weighted by Crippen LogP contribution is -2.28. The highest BCUT2D eigenvalue weighted by Crippen LogP contribution is 2.43. The Bertz CT molecular complexity index is 800. The molecule has 0 saturated heterocycles. The number of carbonyl (C=O) groups excluding carboxylic acids is 1. The van der Waals surface area contributed by atoms with Gasteiger partial charge in [0, 0.05) is 37.4 Å². The molecule has 2 aliphatic carbocycles. The molecule has 1 amide bonds. The third kappa shape index (κ3) is 3.83. The van der Waals surface area contributed by atoms with Crippen LogP contribution in [0.2, 0.25) is 0 Å². The second-order valence-electron chi connectivity index (χ2n) is 7.12. The fourth-order valence-corrected chi connectivity index (χ4v) is 4.77. The summed E-state index contributed by atoms with van der Waals surface area (Å²) in [6, 6.07) is 0. The summed E-state index contributed by atoms with van der Waals surface area (Å²) >= 11 is 1.84. The number of amides is 1. The average molecular weight is 375 g/mol. The number of nitrogens with one attached hydrogen (secondary N) is 2. The summed E-state index contributed by atoms with van der Waals surface area (Å²) < 4.78 is 4.95. The lowest BCUT2D eigenvalue weighted by molar-refractivity contribution is -0.121. The predicted octanol–water partition coefficient (Wildman–Crippen LogP) is 3.01. The summed E-state index contributed by atoms with van der Waals surface area (Å²) in [5, 5.41) is 7.49. The van der Waals surface area contributed by atoms with E-state index in [4.69, 9.17) is 14.7 Å². The van der Waals surface area contributed by atoms with E-state index in [2.05, 4.69) is 10.6 Å². The zero-order chi connectivity index (χ0) is 17.9. The van der Waals surface area contributed by atoms with Crippen molar-refractivity contribution in [3.8, 4) is 0 Å². The summed E-state index contributed by atoms with van der Waals surface area (Å²) in [7, 11) is 1.63. The Kier molecular flexibility index (Phi) is 5.36. The third-order valence-electron chi connectivity index (χ3n) is 5.05. The molecule has 6 nitrogen and oxygen atoms in total. The maximum atomic E-state index is 11.9. The first-order chi connectivity index (χ1) is 12.8. The van der Waals surface area contributed by atoms with Crippen LogP contribution in [0.25, 0.3) is 10.2 Å². The van der Waals surface area contributed by atoms with Crippen molar-refractivity contribution in [2.75, 3.05) is 32.1 Å². The first kappa shape index (κ1) is 17.7. The molecule has 0 unspecified atom stereocenters. The molecule has 26 heavy (non-hydrogen) atoms. The van der Waals surface area contributed by atoms with Gasteiger partial charge >= 0.3 is 0 Å². The molecule has 2 N–H and O–H groups in total. The highest BCUT2D eigenvalue weighted by atomic mass is 32.1. The minimum Gasteiger partial charge on any atom is -0.383 e. The van der Waals surface area contributed by atoms with Crippen molar-refractivity contribution in [1.29, 1.82) is 0 Å². The maximum absolute atomic E-state index is 11.9. The topological polar surface area (TPSA) is 76.1 Å². The number of aromatic nitrogens is 2. The number of thiophene rings is 1. The number of ether oxygens (including phenoxy) is 1. The van der Waals surface area contributed by atoms with E-state index in [0.29, 0.717) is 32.0 Å². The highest BCUT2D eigenvalue weighted by Gasteiger charge is 2.29. The van der Waals surface area contributed by atoms with Crippen molar-refractivity contribution in [2.45, 2.75) is 50.9 Å². The van der Waals surface area contributed by atoms with Crippen LogP contribution in [-0.2, 0) is 22.4 Å². The number of hydrogen-bond acceptors (Lipinski definition) is 6. The van der Waals surface area contributed by atoms with Gasteiger partial charge in [-0.2, -0.15) is 0 Å². The molecule has 0 aliphatic heterocycles. The van der Waals surface area contributed by atoms with Gasteiger partial charge in [-0.25, -0.2) is 9.97 Å². The normalized spacial score (nSPS) is 16.5. The van der Waals surface area contributed by atoms with Gasteiger partial charge in [-0.3, -0.25) is 4.79 Å². The molecule has 140 valence electrons. The van der Waals surface area contributed by atoms with Gasteiger partial charge in [-0.15, -0.1) is 11.3 Å². The Morgan fingerprint density at radius 1 is 1.23 bits per heavy atom. The summed E-state index contributed by atoms with van der Waals surface area (Å²) in [4.78, 5) is 24.2. The minimum atomic E-state index is 0.0367. The van der Waals surface area contributed by atoms with E-state index >= 15 is 0 Å². The van der Waals surface area contributed by atoms with Gasteiger partial charge in [-0.1, -0.05) is 0 Å². The summed E-state index contributed by atoms with van der Waals surface area (Å²) in [6.07, 6.45) is 7.61. The monoisotopic (exact) mass is 374 g/mol. The molecular weight excluding hydrogens is 348 g/mol. The lowest BCUT2D eigenvalue weighted by Gasteiger charge is -2.13. The first-order valence-corrected chi connectivity index (χ1v) is 10.4. The molecule has 0 radical (unpaired) electrons. The number of nitrogens with zero attached hydrogens (tertiary/aromatic N) is 2. The molecule has 2 aromatic rings. The van der Waals surface area contributed by atoms with Crippen molar-refractivity contribution >= 4 is 33.3 Å². The number of anilines is 1. The molecule has 7 heteroatoms. The molecule has 0 aromatic carbocycles. The van der Waals surface area contributed by atoms with Crippen molar-refractivity contribution in [1.82, 2.24) is 15.3 Å². The zero-order valence-electron chi connectivity index (χ0n) is 15.3. The molecule has 1 fully saturated rings. The summed E-state index contributed by atoms with van der Waals surface area (Å²) in [5.74, 6) is 2.47. The maximum Gasteiger partial charge on any atom is 0.221 e. The molecule has 2 heterocycles. The average Bonchev–Trinajstić information content (AvgIpc) is 3.42. The molecule has 4 rings (SSSR count). The lowest BCUT2D eigenvalue weighted by atomic mass is 9.97. The number of aryl methyl sites for hydroxylation is 2. The van der Waals surface area contributed by atoms with Crippen LogP contribution in [-0.4, -0.2) is 42.7 Å². The second-order valence-corrected chi connectivity index (χ2v) is 8.20. The zero-order valence-corrected chi connectivity index (χ0v) is 16.1. The van der Waals surface area contributed by atoms with Crippen molar-refractivity contribution in [3.05, 3.63) is 16.3 Å². The van der Waals surface area contributed by atoms with E-state index in [1.807, 2.05) is 11.3 Å². The van der Waals surface area contributed by atoms with E-state index < -0.39 is 0 Å². The van der Waals surface area contributed by atoms with Crippen LogP contribution in [0.3, 0.4) is 0 Å². The van der Waals surface area contributed by atoms with Gasteiger partial charge in [0.05, 0.1) is 12.0 Å². The van der Waals surface area contributed by atoms with Gasteiger partial charge in [0.15, 0.2) is 0 Å². The minimum absolute atomic E-state index is 0.0367. The number of fused-ring (bicyclic) bond motifs is 3. The molecule has 2 aromatic heterocycles. The number of rotatable bonds is 8. The third-order valence-corrected chi connectivity index (χ3v) is 6.23. The first-order valence-electron chi connectivity index (χ1n) is 9.58. The van der Waals surface area contributed by atoms with Gasteiger partial charge in [0.2, 0.25) is 5.91 Å². The summed E-state index contributed by atoms with van der Waals surface area (Å²) in [5.41, 5.74) is 1.44. The standard InChI is InChI=1S/C19H26N4O2S/c1-25-11-10-20-15(24)8-9-21-18-16-13-4-2-3-5-14(13)26-19(16)23-17(22-18)12-6-7-12/h12H,2-11H2,1H3,(H,20,24)(H,21,22,23). The molecule has 2 aliphatic rings. The van der Waals surface area contributed by atoms with Crippen LogP contribution in [0.1, 0.15) is 54.3 Å². The van der Waals surface area contributed by atoms with Crippen LogP contribution in [0, 0.1) is 0 Å². The van der Waals surface area contributed by atoms with Crippen LogP contribution in [0.15, 0.2) is 0 Å². The Morgan fingerprint density at radius 2 is 2.08 bits per heavy atom. The quantitative estimate of drug-likeness (QED) is 0.695. The molecule has 0 spiro atoms. The smallest absolute Gasteiger partial charge is 0.221 e. The van der Waals surface area contributed by atoms with Gasteiger partial charge in [0.1, 0.15) is 16.5 Å². The van der Waals surface area contributed by atoms with E-state index in [1.54, 1.807) is 7.11 Å². The van der Waals surface area contributed by atoms with E-state index in [1.165, 1.54) is 41.5 Å². The fraction of sp³-hybridized carbons (Fsp3) is 0.632. The molecule has 0 atom stereocenters. The van der Waals surface area contributed by atoms with E-state index in [-0.39, 0.29) is 5.91 Å². The van der Waals surface area contributed by atoms with Crippen LogP contribution in [0.5, 0.6) is 0 Å². The van der Waals surface area contributed by atoms with Gasteiger partial charge in [0.25, 0.3) is 0 Å². The van der Waals surface area contributed by atoms with Gasteiger partial charge < -0.3 is 15.4 Å².